The van der Waals surface area contributed by atoms with Crippen LogP contribution in [0, 0.1) is 0 Å². The van der Waals surface area contributed by atoms with Crippen molar-refractivity contribution in [1.82, 2.24) is 4.31 Å². The number of amides is 1. The molecule has 25 heavy (non-hydrogen) atoms. The number of carbonyl (C=O) groups excluding carboxylic acids is 2. The molecule has 134 valence electrons. The van der Waals surface area contributed by atoms with Crippen LogP contribution in [0.4, 0.5) is 5.69 Å². The number of thiophene rings is 1. The molecule has 1 aromatic carbocycles. The van der Waals surface area contributed by atoms with Crippen molar-refractivity contribution in [2.24, 2.45) is 0 Å². The molecule has 0 saturated carbocycles. The van der Waals surface area contributed by atoms with E-state index in [4.69, 9.17) is 11.6 Å². The Bertz CT molecular complexity index is 878. The van der Waals surface area contributed by atoms with Crippen LogP contribution in [-0.4, -0.2) is 45.3 Å². The molecule has 0 fully saturated rings. The van der Waals surface area contributed by atoms with E-state index in [1.54, 1.807) is 0 Å². The Hall–Kier alpha value is -1.94. The summed E-state index contributed by atoms with van der Waals surface area (Å²) in [6.45, 7) is -0.364. The monoisotopic (exact) mass is 402 g/mol. The molecule has 1 amide bonds. The van der Waals surface area contributed by atoms with Crippen LogP contribution < -0.4 is 5.32 Å². The third kappa shape index (κ3) is 4.79. The van der Waals surface area contributed by atoms with Crippen molar-refractivity contribution in [2.75, 3.05) is 26.0 Å². The highest BCUT2D eigenvalue weighted by atomic mass is 35.5. The van der Waals surface area contributed by atoms with Gasteiger partial charge in [0.15, 0.2) is 0 Å². The molecule has 0 bridgehead atoms. The first-order valence-corrected chi connectivity index (χ1v) is 9.57. The molecule has 10 heteroatoms. The van der Waals surface area contributed by atoms with Crippen molar-refractivity contribution in [3.05, 3.63) is 46.3 Å². The average molecular weight is 403 g/mol. The van der Waals surface area contributed by atoms with E-state index >= 15 is 0 Å². The minimum atomic E-state index is -3.78. The molecule has 1 N–H and O–H groups in total. The standard InChI is InChI=1S/C15H15ClN2O5S2/c1-18(25(21,22)14-8-7-12(16)24-14)9-13(19)17-11-5-3-10(4-6-11)15(20)23-2/h3-8H,9H2,1-2H3,(H,17,19). The number of nitrogens with one attached hydrogen (secondary N) is 1. The molecule has 0 saturated heterocycles. The topological polar surface area (TPSA) is 92.8 Å². The van der Waals surface area contributed by atoms with Crippen LogP contribution in [0.1, 0.15) is 10.4 Å². The molecule has 2 rings (SSSR count). The van der Waals surface area contributed by atoms with Crippen molar-refractivity contribution < 1.29 is 22.7 Å². The van der Waals surface area contributed by atoms with E-state index in [1.807, 2.05) is 0 Å². The number of halogens is 1. The SMILES string of the molecule is COC(=O)c1ccc(NC(=O)CN(C)S(=O)(=O)c2ccc(Cl)s2)cc1. The van der Waals surface area contributed by atoms with E-state index in [2.05, 4.69) is 10.1 Å². The minimum absolute atomic E-state index is 0.0650. The number of benzene rings is 1. The molecular weight excluding hydrogens is 388 g/mol. The molecule has 0 aliphatic rings. The highest BCUT2D eigenvalue weighted by Crippen LogP contribution is 2.27. The Labute approximate surface area is 154 Å². The van der Waals surface area contributed by atoms with Crippen LogP contribution in [0.3, 0.4) is 0 Å². The molecule has 2 aromatic rings. The highest BCUT2D eigenvalue weighted by Gasteiger charge is 2.24. The van der Waals surface area contributed by atoms with E-state index in [1.165, 1.54) is 50.6 Å². The van der Waals surface area contributed by atoms with Gasteiger partial charge in [-0.2, -0.15) is 4.31 Å². The van der Waals surface area contributed by atoms with Gasteiger partial charge in [0.25, 0.3) is 10.0 Å². The lowest BCUT2D eigenvalue weighted by atomic mass is 10.2. The molecule has 0 atom stereocenters. The predicted octanol–water partition coefficient (Wildman–Crippen LogP) is 2.45. The quantitative estimate of drug-likeness (QED) is 0.749. The number of ether oxygens (including phenoxy) is 1. The van der Waals surface area contributed by atoms with Crippen LogP contribution in [-0.2, 0) is 19.6 Å². The maximum Gasteiger partial charge on any atom is 0.337 e. The zero-order valence-electron chi connectivity index (χ0n) is 13.4. The number of methoxy groups -OCH3 is 1. The van der Waals surface area contributed by atoms with E-state index in [9.17, 15) is 18.0 Å². The molecule has 7 nitrogen and oxygen atoms in total. The van der Waals surface area contributed by atoms with E-state index < -0.39 is 21.9 Å². The third-order valence-corrected chi connectivity index (χ3v) is 6.67. The number of likely N-dealkylation sites (N-methyl/N-ethyl adjacent to an activating group) is 1. The van der Waals surface area contributed by atoms with Crippen molar-refractivity contribution in [1.29, 1.82) is 0 Å². The summed E-state index contributed by atoms with van der Waals surface area (Å²) in [7, 11) is -1.20. The maximum absolute atomic E-state index is 12.3. The number of rotatable bonds is 6. The summed E-state index contributed by atoms with van der Waals surface area (Å²) in [5.74, 6) is -1.00. The molecule has 1 aromatic heterocycles. The number of anilines is 1. The zero-order chi connectivity index (χ0) is 18.6. The first-order chi connectivity index (χ1) is 11.7. The van der Waals surface area contributed by atoms with E-state index in [-0.39, 0.29) is 10.8 Å². The molecule has 1 heterocycles. The fourth-order valence-corrected chi connectivity index (χ4v) is 4.71. The zero-order valence-corrected chi connectivity index (χ0v) is 15.7. The molecule has 0 aliphatic heterocycles. The van der Waals surface area contributed by atoms with Crippen molar-refractivity contribution in [3.63, 3.8) is 0 Å². The smallest absolute Gasteiger partial charge is 0.337 e. The maximum atomic E-state index is 12.3. The van der Waals surface area contributed by atoms with Gasteiger partial charge in [-0.25, -0.2) is 13.2 Å². The van der Waals surface area contributed by atoms with Crippen LogP contribution in [0.25, 0.3) is 0 Å². The normalized spacial score (nSPS) is 11.4. The molecule has 0 aliphatic carbocycles. The summed E-state index contributed by atoms with van der Waals surface area (Å²) in [5, 5.41) is 2.57. The second-order valence-electron chi connectivity index (χ2n) is 4.94. The lowest BCUT2D eigenvalue weighted by Gasteiger charge is -2.15. The highest BCUT2D eigenvalue weighted by molar-refractivity contribution is 7.91. The second kappa shape index (κ2) is 7.96. The van der Waals surface area contributed by atoms with Gasteiger partial charge in [-0.1, -0.05) is 11.6 Å². The van der Waals surface area contributed by atoms with E-state index in [0.29, 0.717) is 15.6 Å². The average Bonchev–Trinajstić information content (AvgIpc) is 3.02. The van der Waals surface area contributed by atoms with Gasteiger partial charge in [0.1, 0.15) is 4.21 Å². The van der Waals surface area contributed by atoms with Gasteiger partial charge in [0.2, 0.25) is 5.91 Å². The Balaban J connectivity index is 2.01. The van der Waals surface area contributed by atoms with Crippen LogP contribution in [0.5, 0.6) is 0 Å². The largest absolute Gasteiger partial charge is 0.465 e. The fourth-order valence-electron chi connectivity index (χ4n) is 1.89. The summed E-state index contributed by atoms with van der Waals surface area (Å²) >= 11 is 6.67. The Morgan fingerprint density at radius 3 is 2.36 bits per heavy atom. The van der Waals surface area contributed by atoms with Gasteiger partial charge in [-0.15, -0.1) is 11.3 Å². The predicted molar refractivity (Wildman–Crippen MR) is 95.6 cm³/mol. The van der Waals surface area contributed by atoms with Crippen molar-refractivity contribution in [3.8, 4) is 0 Å². The van der Waals surface area contributed by atoms with Crippen molar-refractivity contribution >= 4 is 50.5 Å². The lowest BCUT2D eigenvalue weighted by Crippen LogP contribution is -2.34. The first kappa shape index (κ1) is 19.4. The summed E-state index contributed by atoms with van der Waals surface area (Å²) in [4.78, 5) is 23.4. The van der Waals surface area contributed by atoms with Gasteiger partial charge in [0.05, 0.1) is 23.6 Å². The van der Waals surface area contributed by atoms with Crippen LogP contribution in [0.2, 0.25) is 4.34 Å². The van der Waals surface area contributed by atoms with E-state index in [0.717, 1.165) is 15.6 Å². The van der Waals surface area contributed by atoms with Gasteiger partial charge in [0, 0.05) is 12.7 Å². The summed E-state index contributed by atoms with van der Waals surface area (Å²) in [5.41, 5.74) is 0.775. The first-order valence-electron chi connectivity index (χ1n) is 6.94. The summed E-state index contributed by atoms with van der Waals surface area (Å²) < 4.78 is 30.6. The Morgan fingerprint density at radius 1 is 1.20 bits per heavy atom. The fraction of sp³-hybridized carbons (Fsp3) is 0.200. The van der Waals surface area contributed by atoms with Gasteiger partial charge >= 0.3 is 5.97 Å². The Kier molecular flexibility index (Phi) is 6.17. The van der Waals surface area contributed by atoms with Crippen LogP contribution >= 0.6 is 22.9 Å². The van der Waals surface area contributed by atoms with Gasteiger partial charge < -0.3 is 10.1 Å². The minimum Gasteiger partial charge on any atom is -0.465 e. The number of carbonyl (C=O) groups is 2. The number of hydrogen-bond acceptors (Lipinski definition) is 6. The van der Waals surface area contributed by atoms with Gasteiger partial charge in [-0.05, 0) is 36.4 Å². The molecular formula is C15H15ClN2O5S2. The summed E-state index contributed by atoms with van der Waals surface area (Å²) in [6.07, 6.45) is 0. The third-order valence-electron chi connectivity index (χ3n) is 3.17. The lowest BCUT2D eigenvalue weighted by molar-refractivity contribution is -0.116. The molecule has 0 unspecified atom stereocenters. The molecule has 0 spiro atoms. The number of nitrogens with zero attached hydrogens (tertiary/aromatic N) is 1. The van der Waals surface area contributed by atoms with Gasteiger partial charge in [-0.3, -0.25) is 4.79 Å². The number of sulfonamides is 1. The number of hydrogen-bond donors (Lipinski definition) is 1. The summed E-state index contributed by atoms with van der Waals surface area (Å²) in [6, 6.07) is 8.92. The van der Waals surface area contributed by atoms with Crippen molar-refractivity contribution in [2.45, 2.75) is 4.21 Å². The second-order valence-corrected chi connectivity index (χ2v) is 8.92. The Morgan fingerprint density at radius 2 is 1.84 bits per heavy atom. The molecule has 0 radical (unpaired) electrons. The van der Waals surface area contributed by atoms with Crippen LogP contribution in [0.15, 0.2) is 40.6 Å². The number of esters is 1.